The summed E-state index contributed by atoms with van der Waals surface area (Å²) in [5.41, 5.74) is 1.07. The maximum atomic E-state index is 10.3. The van der Waals surface area contributed by atoms with Crippen LogP contribution in [0.5, 0.6) is 0 Å². The van der Waals surface area contributed by atoms with E-state index < -0.39 is 7.68 Å². The average Bonchev–Trinajstić information content (AvgIpc) is 1.88. The Kier molecular flexibility index (Phi) is 2.03. The van der Waals surface area contributed by atoms with Gasteiger partial charge in [0.25, 0.3) is 0 Å². The minimum absolute atomic E-state index is 0.376. The largest absolute Gasteiger partial charge is 0.348 e. The van der Waals surface area contributed by atoms with E-state index >= 15 is 0 Å². The topological polar surface area (TPSA) is 34.1 Å². The van der Waals surface area contributed by atoms with Crippen LogP contribution in [0.15, 0.2) is 24.3 Å². The molecule has 0 heterocycles. The van der Waals surface area contributed by atoms with E-state index in [9.17, 15) is 9.13 Å². The second kappa shape index (κ2) is 2.80. The molecule has 10 heavy (non-hydrogen) atoms. The van der Waals surface area contributed by atoms with Crippen LogP contribution < -0.4 is 5.30 Å². The third-order valence-corrected chi connectivity index (χ3v) is 1.96. The molecule has 0 aliphatic heterocycles. The molecule has 0 bridgehead atoms. The molecule has 1 aromatic rings. The van der Waals surface area contributed by atoms with Crippen LogP contribution in [0.1, 0.15) is 5.56 Å². The molecular formula is C7H7O2P. The third-order valence-electron chi connectivity index (χ3n) is 1.24. The van der Waals surface area contributed by atoms with Crippen LogP contribution in [0.3, 0.4) is 0 Å². The molecule has 0 unspecified atom stereocenters. The highest BCUT2D eigenvalue weighted by molar-refractivity contribution is 7.40. The molecule has 1 rings (SSSR count). The Morgan fingerprint density at radius 1 is 1.10 bits per heavy atom. The highest BCUT2D eigenvalue weighted by Crippen LogP contribution is 2.04. The molecule has 0 radical (unpaired) electrons. The van der Waals surface area contributed by atoms with Crippen molar-refractivity contribution in [2.24, 2.45) is 0 Å². The first-order valence-corrected chi connectivity index (χ1v) is 4.09. The first kappa shape index (κ1) is 7.23. The fourth-order valence-electron chi connectivity index (χ4n) is 0.666. The van der Waals surface area contributed by atoms with Gasteiger partial charge in [0.15, 0.2) is 0 Å². The van der Waals surface area contributed by atoms with Gasteiger partial charge in [-0.2, -0.15) is 0 Å². The number of hydrogen-bond acceptors (Lipinski definition) is 2. The van der Waals surface area contributed by atoms with Crippen molar-refractivity contribution in [3.05, 3.63) is 29.8 Å². The molecule has 0 saturated carbocycles. The molecule has 0 aromatic heterocycles. The number of aryl methyl sites for hydroxylation is 1. The van der Waals surface area contributed by atoms with E-state index in [1.165, 1.54) is 0 Å². The highest BCUT2D eigenvalue weighted by Gasteiger charge is 1.94. The highest BCUT2D eigenvalue weighted by atomic mass is 31.1. The Morgan fingerprint density at radius 3 is 2.00 bits per heavy atom. The van der Waals surface area contributed by atoms with E-state index in [-0.39, 0.29) is 0 Å². The zero-order valence-corrected chi connectivity index (χ0v) is 6.47. The SMILES string of the molecule is Cc1ccc(P(=O)=O)cc1. The standard InChI is InChI=1S/C7H7O2P/c1-6-2-4-7(5-3-6)10(8)9/h2-5H,1H3. The molecule has 0 spiro atoms. The van der Waals surface area contributed by atoms with Crippen LogP contribution in [0.2, 0.25) is 0 Å². The Morgan fingerprint density at radius 2 is 1.60 bits per heavy atom. The summed E-state index contributed by atoms with van der Waals surface area (Å²) < 4.78 is 20.7. The van der Waals surface area contributed by atoms with Crippen molar-refractivity contribution in [2.45, 2.75) is 6.92 Å². The second-order valence-electron chi connectivity index (χ2n) is 2.09. The maximum absolute atomic E-state index is 10.3. The van der Waals surface area contributed by atoms with Crippen molar-refractivity contribution in [2.75, 3.05) is 0 Å². The normalized spacial score (nSPS) is 9.30. The van der Waals surface area contributed by atoms with E-state index in [0.29, 0.717) is 5.30 Å². The minimum atomic E-state index is -2.41. The molecule has 0 amide bonds. The van der Waals surface area contributed by atoms with Crippen LogP contribution in [-0.2, 0) is 9.13 Å². The smallest absolute Gasteiger partial charge is 0.232 e. The van der Waals surface area contributed by atoms with Crippen LogP contribution in [-0.4, -0.2) is 0 Å². The van der Waals surface area contributed by atoms with Gasteiger partial charge in [0.1, 0.15) is 0 Å². The lowest BCUT2D eigenvalue weighted by atomic mass is 10.2. The van der Waals surface area contributed by atoms with Crippen molar-refractivity contribution in [3.8, 4) is 0 Å². The first-order chi connectivity index (χ1) is 4.70. The van der Waals surface area contributed by atoms with Gasteiger partial charge in [-0.3, -0.25) is 0 Å². The Balaban J connectivity index is 3.12. The number of benzene rings is 1. The zero-order chi connectivity index (χ0) is 7.56. The lowest BCUT2D eigenvalue weighted by molar-refractivity contribution is 0.523. The molecule has 0 aliphatic rings. The van der Waals surface area contributed by atoms with Gasteiger partial charge >= 0.3 is 7.68 Å². The molecule has 1 aromatic carbocycles. The summed E-state index contributed by atoms with van der Waals surface area (Å²) in [5.74, 6) is 0. The van der Waals surface area contributed by atoms with Gasteiger partial charge in [0, 0.05) is 0 Å². The van der Waals surface area contributed by atoms with Gasteiger partial charge in [-0.25, -0.2) is 9.13 Å². The number of hydrogen-bond donors (Lipinski definition) is 0. The summed E-state index contributed by atoms with van der Waals surface area (Å²) >= 11 is 0. The van der Waals surface area contributed by atoms with Gasteiger partial charge in [-0.05, 0) is 19.1 Å². The molecule has 0 saturated heterocycles. The molecular weight excluding hydrogens is 147 g/mol. The Labute approximate surface area is 59.7 Å². The summed E-state index contributed by atoms with van der Waals surface area (Å²) in [5, 5.41) is 0.376. The fourth-order valence-corrected chi connectivity index (χ4v) is 1.06. The van der Waals surface area contributed by atoms with E-state index in [2.05, 4.69) is 0 Å². The van der Waals surface area contributed by atoms with Gasteiger partial charge in [-0.15, -0.1) is 0 Å². The zero-order valence-electron chi connectivity index (χ0n) is 5.57. The van der Waals surface area contributed by atoms with Gasteiger partial charge in [0.2, 0.25) is 0 Å². The van der Waals surface area contributed by atoms with Crippen molar-refractivity contribution in [3.63, 3.8) is 0 Å². The Hall–Kier alpha value is -0.880. The van der Waals surface area contributed by atoms with Crippen molar-refractivity contribution in [1.82, 2.24) is 0 Å². The van der Waals surface area contributed by atoms with Gasteiger partial charge in [-0.1, -0.05) is 17.7 Å². The predicted molar refractivity (Wildman–Crippen MR) is 39.1 cm³/mol. The third kappa shape index (κ3) is 1.55. The van der Waals surface area contributed by atoms with E-state index in [1.54, 1.807) is 24.3 Å². The predicted octanol–water partition coefficient (Wildman–Crippen LogP) is 1.79. The molecule has 0 N–H and O–H groups in total. The lowest BCUT2D eigenvalue weighted by Crippen LogP contribution is -1.89. The molecule has 52 valence electrons. The van der Waals surface area contributed by atoms with E-state index in [0.717, 1.165) is 5.56 Å². The quantitative estimate of drug-likeness (QED) is 0.578. The first-order valence-electron chi connectivity index (χ1n) is 2.91. The molecule has 0 fully saturated rings. The van der Waals surface area contributed by atoms with Crippen LogP contribution in [0, 0.1) is 6.92 Å². The van der Waals surface area contributed by atoms with Crippen molar-refractivity contribution in [1.29, 1.82) is 0 Å². The molecule has 0 aliphatic carbocycles. The van der Waals surface area contributed by atoms with Gasteiger partial charge in [0.05, 0.1) is 5.30 Å². The Bertz CT molecular complexity index is 277. The van der Waals surface area contributed by atoms with Crippen molar-refractivity contribution < 1.29 is 9.13 Å². The van der Waals surface area contributed by atoms with Crippen molar-refractivity contribution >= 4 is 13.0 Å². The maximum Gasteiger partial charge on any atom is 0.348 e. The summed E-state index contributed by atoms with van der Waals surface area (Å²) in [4.78, 5) is 0. The van der Waals surface area contributed by atoms with Crippen LogP contribution in [0.4, 0.5) is 0 Å². The summed E-state index contributed by atoms with van der Waals surface area (Å²) in [7, 11) is -2.41. The second-order valence-corrected chi connectivity index (χ2v) is 3.12. The molecule has 3 heteroatoms. The van der Waals surface area contributed by atoms with Crippen LogP contribution >= 0.6 is 7.68 Å². The monoisotopic (exact) mass is 154 g/mol. The summed E-state index contributed by atoms with van der Waals surface area (Å²) in [6.45, 7) is 1.92. The molecule has 2 nitrogen and oxygen atoms in total. The van der Waals surface area contributed by atoms with E-state index in [4.69, 9.17) is 0 Å². The average molecular weight is 154 g/mol. The summed E-state index contributed by atoms with van der Waals surface area (Å²) in [6, 6.07) is 6.75. The summed E-state index contributed by atoms with van der Waals surface area (Å²) in [6.07, 6.45) is 0. The number of rotatable bonds is 1. The van der Waals surface area contributed by atoms with Crippen LogP contribution in [0.25, 0.3) is 0 Å². The lowest BCUT2D eigenvalue weighted by Gasteiger charge is -1.88. The van der Waals surface area contributed by atoms with E-state index in [1.807, 2.05) is 6.92 Å². The molecule has 0 atom stereocenters. The van der Waals surface area contributed by atoms with Gasteiger partial charge < -0.3 is 0 Å². The fraction of sp³-hybridized carbons (Fsp3) is 0.143. The minimum Gasteiger partial charge on any atom is -0.232 e.